The summed E-state index contributed by atoms with van der Waals surface area (Å²) in [5.74, 6) is 0.797. The summed E-state index contributed by atoms with van der Waals surface area (Å²) in [6.45, 7) is 3.26. The Kier molecular flexibility index (Phi) is 4.30. The predicted molar refractivity (Wildman–Crippen MR) is 100 cm³/mol. The Morgan fingerprint density at radius 2 is 2.24 bits per heavy atom. The molecule has 25 heavy (non-hydrogen) atoms. The van der Waals surface area contributed by atoms with Crippen LogP contribution in [-0.4, -0.2) is 21.1 Å². The Morgan fingerprint density at radius 1 is 1.32 bits per heavy atom. The highest BCUT2D eigenvalue weighted by atomic mass is 16.5. The molecule has 0 radical (unpaired) electrons. The van der Waals surface area contributed by atoms with Crippen LogP contribution in [0.3, 0.4) is 0 Å². The SMILES string of the molecule is CCOc1ccc2[nH]c3c(=O)n(CCC4=CCCCC4)cnc3c2c1. The van der Waals surface area contributed by atoms with Crippen LogP contribution < -0.4 is 10.3 Å². The molecule has 5 heteroatoms. The first-order valence-electron chi connectivity index (χ1n) is 9.08. The second-order valence-corrected chi connectivity index (χ2v) is 6.59. The average molecular weight is 337 g/mol. The number of rotatable bonds is 5. The first kappa shape index (κ1) is 15.9. The van der Waals surface area contributed by atoms with Crippen molar-refractivity contribution in [3.05, 3.63) is 46.5 Å². The molecule has 1 aliphatic carbocycles. The first-order chi connectivity index (χ1) is 12.3. The average Bonchev–Trinajstić information content (AvgIpc) is 3.01. The molecule has 5 nitrogen and oxygen atoms in total. The molecule has 0 atom stereocenters. The molecule has 0 unspecified atom stereocenters. The van der Waals surface area contributed by atoms with E-state index in [1.807, 2.05) is 25.1 Å². The molecule has 4 rings (SSSR count). The molecule has 0 bridgehead atoms. The first-order valence-corrected chi connectivity index (χ1v) is 9.08. The molecule has 0 aliphatic heterocycles. The van der Waals surface area contributed by atoms with Gasteiger partial charge in [-0.1, -0.05) is 11.6 Å². The van der Waals surface area contributed by atoms with Crippen molar-refractivity contribution in [1.29, 1.82) is 0 Å². The van der Waals surface area contributed by atoms with Crippen LogP contribution in [0.1, 0.15) is 39.0 Å². The van der Waals surface area contributed by atoms with E-state index in [1.165, 1.54) is 24.8 Å². The zero-order chi connectivity index (χ0) is 17.2. The molecule has 130 valence electrons. The highest BCUT2D eigenvalue weighted by Crippen LogP contribution is 2.26. The number of H-pyrrole nitrogens is 1. The lowest BCUT2D eigenvalue weighted by molar-refractivity contribution is 0.341. The normalized spacial score (nSPS) is 14.8. The number of nitrogens with zero attached hydrogens (tertiary/aromatic N) is 2. The van der Waals surface area contributed by atoms with E-state index in [4.69, 9.17) is 4.74 Å². The van der Waals surface area contributed by atoms with Gasteiger partial charge in [0.15, 0.2) is 0 Å². The van der Waals surface area contributed by atoms with Crippen molar-refractivity contribution in [2.75, 3.05) is 6.61 Å². The standard InChI is InChI=1S/C20H23N3O2/c1-2-25-15-8-9-17-16(12-15)18-19(22-17)20(24)23(13-21-18)11-10-14-6-4-3-5-7-14/h6,8-9,12-13,22H,2-5,7,10-11H2,1H3. The third-order valence-corrected chi connectivity index (χ3v) is 4.91. The lowest BCUT2D eigenvalue weighted by Crippen LogP contribution is -2.21. The van der Waals surface area contributed by atoms with Crippen molar-refractivity contribution in [3.8, 4) is 5.75 Å². The molecule has 0 spiro atoms. The highest BCUT2D eigenvalue weighted by molar-refractivity contribution is 6.04. The minimum absolute atomic E-state index is 0.00410. The monoisotopic (exact) mass is 337 g/mol. The van der Waals surface area contributed by atoms with Crippen LogP contribution in [-0.2, 0) is 6.54 Å². The lowest BCUT2D eigenvalue weighted by Gasteiger charge is -2.13. The summed E-state index contributed by atoms with van der Waals surface area (Å²) in [4.78, 5) is 20.6. The van der Waals surface area contributed by atoms with Crippen LogP contribution in [0.5, 0.6) is 5.75 Å². The molecular weight excluding hydrogens is 314 g/mol. The molecule has 3 aromatic rings. The number of aromatic amines is 1. The van der Waals surface area contributed by atoms with Gasteiger partial charge in [0.25, 0.3) is 5.56 Å². The number of ether oxygens (including phenoxy) is 1. The number of nitrogens with one attached hydrogen (secondary N) is 1. The Bertz CT molecular complexity index is 997. The molecule has 0 saturated heterocycles. The third-order valence-electron chi connectivity index (χ3n) is 4.91. The number of aryl methyl sites for hydroxylation is 1. The van der Waals surface area contributed by atoms with Gasteiger partial charge in [-0.25, -0.2) is 4.98 Å². The maximum absolute atomic E-state index is 12.8. The smallest absolute Gasteiger partial charge is 0.277 e. The van der Waals surface area contributed by atoms with Crippen LogP contribution in [0, 0.1) is 0 Å². The van der Waals surface area contributed by atoms with Gasteiger partial charge in [-0.2, -0.15) is 0 Å². The van der Waals surface area contributed by atoms with Gasteiger partial charge in [0.05, 0.1) is 12.9 Å². The number of benzene rings is 1. The summed E-state index contributed by atoms with van der Waals surface area (Å²) in [6.07, 6.45) is 9.83. The van der Waals surface area contributed by atoms with Crippen LogP contribution in [0.15, 0.2) is 41.0 Å². The van der Waals surface area contributed by atoms with E-state index in [9.17, 15) is 4.79 Å². The van der Waals surface area contributed by atoms with Gasteiger partial charge >= 0.3 is 0 Å². The summed E-state index contributed by atoms with van der Waals surface area (Å²) >= 11 is 0. The number of hydrogen-bond acceptors (Lipinski definition) is 3. The van der Waals surface area contributed by atoms with Gasteiger partial charge in [0.2, 0.25) is 0 Å². The maximum atomic E-state index is 12.8. The van der Waals surface area contributed by atoms with E-state index in [0.29, 0.717) is 18.7 Å². The molecule has 0 fully saturated rings. The molecule has 0 saturated carbocycles. The molecule has 2 heterocycles. The number of hydrogen-bond donors (Lipinski definition) is 1. The quantitative estimate of drug-likeness (QED) is 0.711. The van der Waals surface area contributed by atoms with E-state index in [2.05, 4.69) is 16.0 Å². The largest absolute Gasteiger partial charge is 0.494 e. The van der Waals surface area contributed by atoms with Crippen LogP contribution in [0.4, 0.5) is 0 Å². The molecule has 1 aliphatic rings. The highest BCUT2D eigenvalue weighted by Gasteiger charge is 2.12. The van der Waals surface area contributed by atoms with Crippen LogP contribution >= 0.6 is 0 Å². The topological polar surface area (TPSA) is 59.9 Å². The van der Waals surface area contributed by atoms with Crippen molar-refractivity contribution < 1.29 is 4.74 Å². The summed E-state index contributed by atoms with van der Waals surface area (Å²) in [5.41, 5.74) is 3.67. The minimum Gasteiger partial charge on any atom is -0.494 e. The predicted octanol–water partition coefficient (Wildman–Crippen LogP) is 4.17. The Hall–Kier alpha value is -2.56. The zero-order valence-corrected chi connectivity index (χ0v) is 14.5. The van der Waals surface area contributed by atoms with E-state index >= 15 is 0 Å². The van der Waals surface area contributed by atoms with Crippen molar-refractivity contribution in [3.63, 3.8) is 0 Å². The Balaban J connectivity index is 1.68. The van der Waals surface area contributed by atoms with Gasteiger partial charge in [-0.3, -0.25) is 9.36 Å². The van der Waals surface area contributed by atoms with Gasteiger partial charge in [-0.05, 0) is 57.2 Å². The molecular formula is C20H23N3O2. The van der Waals surface area contributed by atoms with E-state index in [-0.39, 0.29) is 5.56 Å². The number of fused-ring (bicyclic) bond motifs is 3. The van der Waals surface area contributed by atoms with Crippen LogP contribution in [0.25, 0.3) is 21.9 Å². The summed E-state index contributed by atoms with van der Waals surface area (Å²) in [7, 11) is 0. The van der Waals surface area contributed by atoms with E-state index < -0.39 is 0 Å². The Morgan fingerprint density at radius 3 is 3.04 bits per heavy atom. The fourth-order valence-corrected chi connectivity index (χ4v) is 3.58. The third kappa shape index (κ3) is 3.06. The summed E-state index contributed by atoms with van der Waals surface area (Å²) < 4.78 is 7.28. The minimum atomic E-state index is -0.00410. The molecule has 1 aromatic carbocycles. The van der Waals surface area contributed by atoms with Crippen molar-refractivity contribution in [2.24, 2.45) is 0 Å². The summed E-state index contributed by atoms with van der Waals surface area (Å²) in [6, 6.07) is 5.80. The second-order valence-electron chi connectivity index (χ2n) is 6.59. The molecule has 0 amide bonds. The fraction of sp³-hybridized carbons (Fsp3) is 0.400. The van der Waals surface area contributed by atoms with Gasteiger partial charge in [-0.15, -0.1) is 0 Å². The molecule has 1 N–H and O–H groups in total. The van der Waals surface area contributed by atoms with Crippen molar-refractivity contribution in [1.82, 2.24) is 14.5 Å². The molecule has 2 aromatic heterocycles. The van der Waals surface area contributed by atoms with Gasteiger partial charge in [0, 0.05) is 17.4 Å². The van der Waals surface area contributed by atoms with Gasteiger partial charge < -0.3 is 9.72 Å². The van der Waals surface area contributed by atoms with E-state index in [1.54, 1.807) is 10.9 Å². The Labute approximate surface area is 146 Å². The van der Waals surface area contributed by atoms with Gasteiger partial charge in [0.1, 0.15) is 16.8 Å². The van der Waals surface area contributed by atoms with Crippen molar-refractivity contribution in [2.45, 2.75) is 45.6 Å². The second kappa shape index (κ2) is 6.75. The lowest BCUT2D eigenvalue weighted by atomic mass is 9.97. The van der Waals surface area contributed by atoms with Crippen molar-refractivity contribution >= 4 is 21.9 Å². The fourth-order valence-electron chi connectivity index (χ4n) is 3.58. The number of allylic oxidation sites excluding steroid dienone is 2. The zero-order valence-electron chi connectivity index (χ0n) is 14.5. The maximum Gasteiger partial charge on any atom is 0.277 e. The number of aromatic nitrogens is 3. The van der Waals surface area contributed by atoms with Crippen LogP contribution in [0.2, 0.25) is 0 Å². The summed E-state index contributed by atoms with van der Waals surface area (Å²) in [5, 5.41) is 0.931. The van der Waals surface area contributed by atoms with E-state index in [0.717, 1.165) is 35.0 Å².